The van der Waals surface area contributed by atoms with Crippen LogP contribution in [0.5, 0.6) is 0 Å². The molecule has 2 aromatic rings. The molecular formula is C11H17N6O5PS. The molecule has 2 aromatic heterocycles. The van der Waals surface area contributed by atoms with E-state index in [4.69, 9.17) is 24.8 Å². The molecule has 1 fully saturated rings. The third-order valence-corrected chi connectivity index (χ3v) is 4.57. The van der Waals surface area contributed by atoms with Crippen molar-refractivity contribution in [3.05, 3.63) is 12.7 Å². The van der Waals surface area contributed by atoms with Crippen molar-refractivity contribution in [2.75, 3.05) is 19.4 Å². The smallest absolute Gasteiger partial charge is 0.321 e. The second-order valence-corrected chi connectivity index (χ2v) is 7.91. The Morgan fingerprint density at radius 1 is 1.46 bits per heavy atom. The molecule has 0 aliphatic carbocycles. The first kappa shape index (κ1) is 17.6. The van der Waals surface area contributed by atoms with Crippen LogP contribution in [-0.4, -0.2) is 66.3 Å². The standard InChI is InChI=1S/C11H17N6O5PS/c1-13-6-8(18)5(2-21-23(19,20)24)22-11(6)17-4-16-7-9(12)14-3-15-10(7)17/h3-6,8,11,13,18H,2H2,1H3,(H2,12,14,15)(H2,19,20,24)/t5-,6-,8-,11-/m1/s1. The number of nitrogens with zero attached hydrogens (tertiary/aromatic N) is 4. The van der Waals surface area contributed by atoms with Crippen molar-refractivity contribution >= 4 is 35.5 Å². The van der Waals surface area contributed by atoms with E-state index in [-0.39, 0.29) is 12.4 Å². The first-order valence-corrected chi connectivity index (χ1v) is 9.58. The van der Waals surface area contributed by atoms with E-state index in [1.807, 2.05) is 0 Å². The Hall–Kier alpha value is -1.24. The van der Waals surface area contributed by atoms with Gasteiger partial charge in [-0.3, -0.25) is 4.57 Å². The number of nitrogen functional groups attached to an aromatic ring is 1. The van der Waals surface area contributed by atoms with Crippen LogP contribution in [0.15, 0.2) is 12.7 Å². The number of nitrogens with one attached hydrogen (secondary N) is 1. The number of ether oxygens (including phenoxy) is 1. The second-order valence-electron chi connectivity index (χ2n) is 5.24. The Labute approximate surface area is 141 Å². The van der Waals surface area contributed by atoms with Crippen LogP contribution < -0.4 is 11.1 Å². The molecule has 13 heteroatoms. The van der Waals surface area contributed by atoms with Crippen LogP contribution in [0, 0.1) is 0 Å². The molecule has 3 rings (SSSR count). The summed E-state index contributed by atoms with van der Waals surface area (Å²) in [5, 5.41) is 13.4. The minimum Gasteiger partial charge on any atom is -0.389 e. The lowest BCUT2D eigenvalue weighted by Crippen LogP contribution is -2.42. The quantitative estimate of drug-likeness (QED) is 0.385. The number of hydrogen-bond donors (Lipinski definition) is 5. The Bertz CT molecular complexity index is 783. The van der Waals surface area contributed by atoms with Gasteiger partial charge < -0.3 is 35.2 Å². The number of aliphatic hydroxyl groups excluding tert-OH is 1. The molecule has 1 aliphatic rings. The van der Waals surface area contributed by atoms with Crippen LogP contribution in [0.3, 0.4) is 0 Å². The maximum Gasteiger partial charge on any atom is 0.321 e. The van der Waals surface area contributed by atoms with Gasteiger partial charge in [-0.25, -0.2) is 15.0 Å². The van der Waals surface area contributed by atoms with Gasteiger partial charge >= 0.3 is 6.72 Å². The summed E-state index contributed by atoms with van der Waals surface area (Å²) in [5.74, 6) is 0.236. The fourth-order valence-corrected chi connectivity index (χ4v) is 3.18. The van der Waals surface area contributed by atoms with Crippen LogP contribution in [-0.2, 0) is 21.1 Å². The molecule has 11 nitrogen and oxygen atoms in total. The summed E-state index contributed by atoms with van der Waals surface area (Å²) in [5.41, 5.74) is 6.65. The Balaban J connectivity index is 1.89. The number of anilines is 1. The first-order chi connectivity index (χ1) is 11.3. The lowest BCUT2D eigenvalue weighted by molar-refractivity contribution is -0.0408. The van der Waals surface area contributed by atoms with Gasteiger partial charge in [-0.15, -0.1) is 0 Å². The van der Waals surface area contributed by atoms with Crippen molar-refractivity contribution in [1.29, 1.82) is 0 Å². The minimum atomic E-state index is -3.83. The highest BCUT2D eigenvalue weighted by Gasteiger charge is 2.45. The highest BCUT2D eigenvalue weighted by atomic mass is 32.5. The molecule has 0 amide bonds. The normalized spacial score (nSPS) is 27.8. The van der Waals surface area contributed by atoms with Gasteiger partial charge in [-0.2, -0.15) is 0 Å². The van der Waals surface area contributed by atoms with E-state index in [1.165, 1.54) is 12.7 Å². The third-order valence-electron chi connectivity index (χ3n) is 3.77. The Morgan fingerprint density at radius 2 is 2.21 bits per heavy atom. The topological polar surface area (TPSA) is 161 Å². The lowest BCUT2D eigenvalue weighted by Gasteiger charge is -2.20. The molecule has 0 unspecified atom stereocenters. The fourth-order valence-electron chi connectivity index (χ4n) is 2.66. The Morgan fingerprint density at radius 3 is 2.88 bits per heavy atom. The number of fused-ring (bicyclic) bond motifs is 1. The molecule has 132 valence electrons. The summed E-state index contributed by atoms with van der Waals surface area (Å²) >= 11 is 4.40. The van der Waals surface area contributed by atoms with Crippen LogP contribution in [0.2, 0.25) is 0 Å². The van der Waals surface area contributed by atoms with Crippen molar-refractivity contribution in [3.8, 4) is 0 Å². The fraction of sp³-hybridized carbons (Fsp3) is 0.545. The number of nitrogens with two attached hydrogens (primary N) is 1. The molecule has 0 bridgehead atoms. The summed E-state index contributed by atoms with van der Waals surface area (Å²) in [4.78, 5) is 30.5. The van der Waals surface area contributed by atoms with Crippen LogP contribution >= 0.6 is 6.72 Å². The van der Waals surface area contributed by atoms with Gasteiger partial charge in [-0.05, 0) is 18.9 Å². The van der Waals surface area contributed by atoms with Gasteiger partial charge in [0.2, 0.25) is 0 Å². The van der Waals surface area contributed by atoms with Gasteiger partial charge in [-0.1, -0.05) is 0 Å². The molecule has 4 atom stereocenters. The van der Waals surface area contributed by atoms with Crippen molar-refractivity contribution in [2.45, 2.75) is 24.5 Å². The molecular weight excluding hydrogens is 359 g/mol. The number of aliphatic hydroxyl groups is 1. The summed E-state index contributed by atoms with van der Waals surface area (Å²) in [7, 11) is 1.67. The predicted octanol–water partition coefficient (Wildman–Crippen LogP) is -1.52. The molecule has 1 aliphatic heterocycles. The minimum absolute atomic E-state index is 0.236. The van der Waals surface area contributed by atoms with Crippen LogP contribution in [0.4, 0.5) is 5.82 Å². The zero-order valence-corrected chi connectivity index (χ0v) is 14.3. The van der Waals surface area contributed by atoms with Crippen molar-refractivity contribution < 1.29 is 24.2 Å². The van der Waals surface area contributed by atoms with Crippen LogP contribution in [0.25, 0.3) is 11.2 Å². The molecule has 0 radical (unpaired) electrons. The predicted molar refractivity (Wildman–Crippen MR) is 87.2 cm³/mol. The zero-order chi connectivity index (χ0) is 17.5. The molecule has 3 heterocycles. The maximum atomic E-state index is 10.4. The number of aromatic nitrogens is 4. The highest BCUT2D eigenvalue weighted by molar-refractivity contribution is 8.06. The molecule has 0 saturated carbocycles. The number of likely N-dealkylation sites (N-methyl/N-ethyl adjacent to an activating group) is 1. The maximum absolute atomic E-state index is 10.4. The summed E-state index contributed by atoms with van der Waals surface area (Å²) in [6.07, 6.45) is 0.351. The highest BCUT2D eigenvalue weighted by Crippen LogP contribution is 2.39. The van der Waals surface area contributed by atoms with E-state index >= 15 is 0 Å². The molecule has 6 N–H and O–H groups in total. The number of imidazole rings is 1. The Kier molecular flexibility index (Phi) is 4.82. The lowest BCUT2D eigenvalue weighted by atomic mass is 10.1. The first-order valence-electron chi connectivity index (χ1n) is 6.95. The van der Waals surface area contributed by atoms with E-state index in [9.17, 15) is 5.11 Å². The van der Waals surface area contributed by atoms with Crippen molar-refractivity contribution in [2.24, 2.45) is 0 Å². The van der Waals surface area contributed by atoms with Gasteiger partial charge in [0.1, 0.15) is 24.1 Å². The zero-order valence-electron chi connectivity index (χ0n) is 12.6. The largest absolute Gasteiger partial charge is 0.389 e. The van der Waals surface area contributed by atoms with Gasteiger partial charge in [0, 0.05) is 0 Å². The second kappa shape index (κ2) is 6.58. The monoisotopic (exact) mass is 376 g/mol. The molecule has 0 aromatic carbocycles. The van der Waals surface area contributed by atoms with Crippen LogP contribution in [0.1, 0.15) is 6.23 Å². The molecule has 24 heavy (non-hydrogen) atoms. The van der Waals surface area contributed by atoms with E-state index in [0.29, 0.717) is 11.2 Å². The van der Waals surface area contributed by atoms with E-state index in [0.717, 1.165) is 0 Å². The number of rotatable bonds is 5. The van der Waals surface area contributed by atoms with Crippen molar-refractivity contribution in [1.82, 2.24) is 24.8 Å². The van der Waals surface area contributed by atoms with Gasteiger partial charge in [0.25, 0.3) is 0 Å². The van der Waals surface area contributed by atoms with Gasteiger partial charge in [0.05, 0.1) is 19.0 Å². The van der Waals surface area contributed by atoms with E-state index < -0.39 is 31.2 Å². The molecule has 0 spiro atoms. The summed E-state index contributed by atoms with van der Waals surface area (Å²) in [6.45, 7) is -4.09. The third kappa shape index (κ3) is 3.27. The molecule has 1 saturated heterocycles. The summed E-state index contributed by atoms with van der Waals surface area (Å²) < 4.78 is 12.2. The number of hydrogen-bond acceptors (Lipinski definition) is 9. The van der Waals surface area contributed by atoms with Crippen molar-refractivity contribution in [3.63, 3.8) is 0 Å². The average molecular weight is 376 g/mol. The van der Waals surface area contributed by atoms with E-state index in [1.54, 1.807) is 11.6 Å². The van der Waals surface area contributed by atoms with E-state index in [2.05, 4.69) is 32.1 Å². The average Bonchev–Trinajstić information content (AvgIpc) is 3.06. The summed E-state index contributed by atoms with van der Waals surface area (Å²) in [6, 6.07) is -0.512. The SMILES string of the molecule is CN[C@@H]1[C@H](O)[C@@H](COP(O)(O)=S)O[C@H]1n1cnc2c(N)ncnc21. The van der Waals surface area contributed by atoms with Gasteiger partial charge in [0.15, 0.2) is 17.7 Å².